The second-order valence-electron chi connectivity index (χ2n) is 8.92. The summed E-state index contributed by atoms with van der Waals surface area (Å²) in [5, 5.41) is 3.29. The topological polar surface area (TPSA) is 109 Å². The van der Waals surface area contributed by atoms with Crippen molar-refractivity contribution in [2.45, 2.75) is 17.9 Å². The number of rotatable bonds is 6. The van der Waals surface area contributed by atoms with E-state index in [2.05, 4.69) is 25.0 Å². The van der Waals surface area contributed by atoms with E-state index in [4.69, 9.17) is 16.3 Å². The van der Waals surface area contributed by atoms with Crippen LogP contribution in [-0.4, -0.2) is 56.6 Å². The van der Waals surface area contributed by atoms with Gasteiger partial charge in [-0.3, -0.25) is 9.71 Å². The van der Waals surface area contributed by atoms with Crippen LogP contribution in [0, 0.1) is 12.7 Å². The summed E-state index contributed by atoms with van der Waals surface area (Å²) >= 11 is 6.09. The zero-order valence-electron chi connectivity index (χ0n) is 19.7. The third-order valence-electron chi connectivity index (χ3n) is 6.39. The molecule has 0 aliphatic carbocycles. The van der Waals surface area contributed by atoms with Crippen LogP contribution in [0.1, 0.15) is 16.7 Å². The Kier molecular flexibility index (Phi) is 5.85. The normalized spacial score (nSPS) is 16.9. The number of hydrogen-bond donors (Lipinski definition) is 2. The maximum Gasteiger partial charge on any atom is 0.263 e. The number of amidine groups is 1. The number of halogens is 2. The number of aryl methyl sites for hydroxylation is 1. The average Bonchev–Trinajstić information content (AvgIpc) is 3.34. The third-order valence-corrected chi connectivity index (χ3v) is 8.26. The number of nitrogens with zero attached hydrogens (tertiary/aromatic N) is 4. The van der Waals surface area contributed by atoms with Gasteiger partial charge >= 0.3 is 0 Å². The summed E-state index contributed by atoms with van der Waals surface area (Å²) < 4.78 is 49.6. The molecule has 6 rings (SSSR count). The number of benzene rings is 2. The molecule has 3 aliphatic rings. The van der Waals surface area contributed by atoms with E-state index in [1.165, 1.54) is 18.2 Å². The minimum Gasteiger partial charge on any atom is -0.377 e. The lowest BCUT2D eigenvalue weighted by molar-refractivity contribution is 0.0208. The summed E-state index contributed by atoms with van der Waals surface area (Å²) in [7, 11) is -4.12. The fraction of sp³-hybridized carbons (Fsp3) is 0.240. The van der Waals surface area contributed by atoms with Gasteiger partial charge < -0.3 is 15.0 Å². The van der Waals surface area contributed by atoms with Gasteiger partial charge in [-0.15, -0.1) is 0 Å². The molecule has 0 unspecified atom stereocenters. The first-order valence-electron chi connectivity index (χ1n) is 11.6. The first-order chi connectivity index (χ1) is 17.8. The molecule has 3 aliphatic heterocycles. The highest BCUT2D eigenvalue weighted by atomic mass is 35.5. The molecule has 1 fully saturated rings. The lowest BCUT2D eigenvalue weighted by Gasteiger charge is -2.30. The second kappa shape index (κ2) is 9.09. The molecule has 0 bridgehead atoms. The van der Waals surface area contributed by atoms with Crippen molar-refractivity contribution in [2.75, 3.05) is 41.2 Å². The fourth-order valence-electron chi connectivity index (χ4n) is 4.50. The third kappa shape index (κ3) is 4.22. The van der Waals surface area contributed by atoms with Gasteiger partial charge in [-0.25, -0.2) is 17.8 Å². The fourth-order valence-corrected chi connectivity index (χ4v) is 6.08. The highest BCUT2D eigenvalue weighted by molar-refractivity contribution is 7.92. The molecule has 1 aromatic heterocycles. The molecule has 2 aromatic carbocycles. The molecule has 0 spiro atoms. The van der Waals surface area contributed by atoms with Gasteiger partial charge in [-0.05, 0) is 36.8 Å². The first-order valence-corrected chi connectivity index (χ1v) is 13.5. The van der Waals surface area contributed by atoms with Crippen molar-refractivity contribution in [3.8, 4) is 0 Å². The summed E-state index contributed by atoms with van der Waals surface area (Å²) in [5.41, 5.74) is 1.95. The molecule has 2 N–H and O–H groups in total. The quantitative estimate of drug-likeness (QED) is 0.487. The largest absolute Gasteiger partial charge is 0.377 e. The maximum absolute atomic E-state index is 16.0. The number of nitrogens with one attached hydrogen (secondary N) is 2. The lowest BCUT2D eigenvalue weighted by Crippen LogP contribution is -2.41. The Bertz CT molecular complexity index is 1590. The molecular weight excluding hydrogens is 519 g/mol. The van der Waals surface area contributed by atoms with E-state index in [-0.39, 0.29) is 27.2 Å². The van der Waals surface area contributed by atoms with Crippen LogP contribution in [0.5, 0.6) is 0 Å². The van der Waals surface area contributed by atoms with E-state index in [0.29, 0.717) is 60.6 Å². The Morgan fingerprint density at radius 3 is 2.76 bits per heavy atom. The second-order valence-corrected chi connectivity index (χ2v) is 11.0. The summed E-state index contributed by atoms with van der Waals surface area (Å²) in [6.07, 6.45) is 3.49. The maximum atomic E-state index is 16.0. The van der Waals surface area contributed by atoms with E-state index >= 15 is 4.39 Å². The number of sulfonamides is 1. The molecule has 190 valence electrons. The van der Waals surface area contributed by atoms with Crippen molar-refractivity contribution in [1.82, 2.24) is 9.97 Å². The van der Waals surface area contributed by atoms with Crippen molar-refractivity contribution in [3.63, 3.8) is 0 Å². The summed E-state index contributed by atoms with van der Waals surface area (Å²) in [4.78, 5) is 15.5. The zero-order valence-corrected chi connectivity index (χ0v) is 21.3. The molecule has 1 saturated heterocycles. The van der Waals surface area contributed by atoms with Crippen molar-refractivity contribution in [2.24, 2.45) is 4.99 Å². The minimum atomic E-state index is -4.12. The predicted octanol–water partition coefficient (Wildman–Crippen LogP) is 3.96. The molecule has 37 heavy (non-hydrogen) atoms. The molecule has 4 heterocycles. The number of aliphatic imine (C=N–C) groups is 1. The predicted molar refractivity (Wildman–Crippen MR) is 141 cm³/mol. The molecule has 0 saturated carbocycles. The Labute approximate surface area is 218 Å². The zero-order chi connectivity index (χ0) is 25.7. The smallest absolute Gasteiger partial charge is 0.263 e. The standard InChI is InChI=1S/C25H22ClFN6O3S/c1-14-6-7-19(32-37(34,35)20-5-3-2-4-18(20)26)22(27)21(14)17-10-15-11-29-25(30-16-12-36-13-16)31-23(15)33-9-8-28-24(17)33/h2-7,10-11,16,32H,8-9,12-13H2,1H3,(H,29,30,31). The van der Waals surface area contributed by atoms with Crippen LogP contribution in [0.3, 0.4) is 0 Å². The summed E-state index contributed by atoms with van der Waals surface area (Å²) in [6.45, 7) is 4.09. The van der Waals surface area contributed by atoms with Crippen LogP contribution in [0.15, 0.2) is 52.5 Å². The summed E-state index contributed by atoms with van der Waals surface area (Å²) in [5.74, 6) is 1.06. The van der Waals surface area contributed by atoms with Crippen molar-refractivity contribution in [1.29, 1.82) is 0 Å². The Balaban J connectivity index is 1.40. The van der Waals surface area contributed by atoms with Gasteiger partial charge in [0, 0.05) is 29.4 Å². The van der Waals surface area contributed by atoms with Gasteiger partial charge in [-0.2, -0.15) is 4.98 Å². The molecular formula is C25H22ClFN6O3S. The number of ether oxygens (including phenoxy) is 1. The number of anilines is 3. The SMILES string of the molecule is Cc1ccc(NS(=O)(=O)c2ccccc2Cl)c(F)c1C1=Cc2cnc(NC3COC3)nc2N2CCN=C12. The van der Waals surface area contributed by atoms with Gasteiger partial charge in [0.2, 0.25) is 5.95 Å². The minimum absolute atomic E-state index is 0.0454. The van der Waals surface area contributed by atoms with Gasteiger partial charge in [0.05, 0.1) is 36.5 Å². The van der Waals surface area contributed by atoms with E-state index in [1.54, 1.807) is 37.4 Å². The van der Waals surface area contributed by atoms with Crippen molar-refractivity contribution >= 4 is 56.6 Å². The average molecular weight is 541 g/mol. The van der Waals surface area contributed by atoms with E-state index in [0.717, 1.165) is 0 Å². The van der Waals surface area contributed by atoms with Crippen LogP contribution < -0.4 is 14.9 Å². The molecule has 0 radical (unpaired) electrons. The van der Waals surface area contributed by atoms with E-state index in [9.17, 15) is 8.42 Å². The van der Waals surface area contributed by atoms with Gasteiger partial charge in [0.1, 0.15) is 16.5 Å². The molecule has 12 heteroatoms. The van der Waals surface area contributed by atoms with Gasteiger partial charge in [0.15, 0.2) is 5.82 Å². The number of hydrogen-bond acceptors (Lipinski definition) is 8. The summed E-state index contributed by atoms with van der Waals surface area (Å²) in [6, 6.07) is 9.25. The van der Waals surface area contributed by atoms with Crippen LogP contribution in [-0.2, 0) is 14.8 Å². The Morgan fingerprint density at radius 1 is 1.19 bits per heavy atom. The Hall–Kier alpha value is -3.54. The monoisotopic (exact) mass is 540 g/mol. The lowest BCUT2D eigenvalue weighted by atomic mass is 9.94. The molecule has 0 atom stereocenters. The van der Waals surface area contributed by atoms with Crippen LogP contribution in [0.4, 0.5) is 21.8 Å². The number of aromatic nitrogens is 2. The highest BCUT2D eigenvalue weighted by Gasteiger charge is 2.33. The first kappa shape index (κ1) is 23.8. The molecule has 3 aromatic rings. The van der Waals surface area contributed by atoms with Crippen LogP contribution in [0.2, 0.25) is 5.02 Å². The Morgan fingerprint density at radius 2 is 2.00 bits per heavy atom. The van der Waals surface area contributed by atoms with E-state index < -0.39 is 15.8 Å². The van der Waals surface area contributed by atoms with Gasteiger partial charge in [0.25, 0.3) is 10.0 Å². The molecule has 9 nitrogen and oxygen atoms in total. The number of fused-ring (bicyclic) bond motifs is 3. The van der Waals surface area contributed by atoms with Crippen LogP contribution >= 0.6 is 11.6 Å². The highest BCUT2D eigenvalue weighted by Crippen LogP contribution is 2.39. The van der Waals surface area contributed by atoms with Gasteiger partial charge in [-0.1, -0.05) is 29.8 Å². The van der Waals surface area contributed by atoms with Crippen molar-refractivity contribution in [3.05, 3.63) is 70.1 Å². The molecule has 0 amide bonds. The van der Waals surface area contributed by atoms with Crippen LogP contribution in [0.25, 0.3) is 11.6 Å². The van der Waals surface area contributed by atoms with Crippen molar-refractivity contribution < 1.29 is 17.5 Å². The van der Waals surface area contributed by atoms with E-state index in [1.807, 2.05) is 4.90 Å².